The van der Waals surface area contributed by atoms with Crippen LogP contribution in [0, 0.1) is 0 Å². The van der Waals surface area contributed by atoms with Crippen molar-refractivity contribution in [2.45, 2.75) is 26.2 Å². The van der Waals surface area contributed by atoms with Crippen LogP contribution in [0.15, 0.2) is 0 Å². The first-order valence-electron chi connectivity index (χ1n) is 5.44. The molecule has 1 saturated heterocycles. The molecule has 0 unspecified atom stereocenters. The van der Waals surface area contributed by atoms with Crippen LogP contribution in [0.1, 0.15) is 26.2 Å². The Kier molecular flexibility index (Phi) is 5.32. The molecule has 0 amide bonds. The molecule has 1 heterocycles. The van der Waals surface area contributed by atoms with Gasteiger partial charge in [-0.3, -0.25) is 0 Å². The minimum absolute atomic E-state index is 0.354. The molecule has 1 aliphatic rings. The fourth-order valence-electron chi connectivity index (χ4n) is 1.77. The molecule has 1 rings (SSSR count). The van der Waals surface area contributed by atoms with Crippen molar-refractivity contribution in [2.75, 3.05) is 32.1 Å². The lowest BCUT2D eigenvalue weighted by Gasteiger charge is -2.26. The SMILES string of the molecule is CCCN(CCCl)S(=O)(=O)N1CCCC1. The molecular formula is C9H19ClN2O2S. The zero-order chi connectivity index (χ0) is 11.3. The van der Waals surface area contributed by atoms with Crippen molar-refractivity contribution < 1.29 is 8.42 Å². The van der Waals surface area contributed by atoms with Gasteiger partial charge in [0.05, 0.1) is 0 Å². The average Bonchev–Trinajstić information content (AvgIpc) is 2.70. The van der Waals surface area contributed by atoms with E-state index in [0.717, 1.165) is 19.3 Å². The molecule has 0 spiro atoms. The molecule has 0 aromatic heterocycles. The van der Waals surface area contributed by atoms with Crippen LogP contribution in [0.3, 0.4) is 0 Å². The Morgan fingerprint density at radius 1 is 1.27 bits per heavy atom. The number of hydrogen-bond donors (Lipinski definition) is 0. The molecule has 0 N–H and O–H groups in total. The number of rotatable bonds is 6. The summed E-state index contributed by atoms with van der Waals surface area (Å²) in [5, 5.41) is 0. The minimum atomic E-state index is -3.24. The highest BCUT2D eigenvalue weighted by molar-refractivity contribution is 7.86. The maximum atomic E-state index is 12.1. The normalized spacial score (nSPS) is 18.9. The van der Waals surface area contributed by atoms with E-state index >= 15 is 0 Å². The Balaban J connectivity index is 2.70. The summed E-state index contributed by atoms with van der Waals surface area (Å²) in [6.07, 6.45) is 2.77. The van der Waals surface area contributed by atoms with E-state index < -0.39 is 10.2 Å². The topological polar surface area (TPSA) is 40.6 Å². The van der Waals surface area contributed by atoms with Crippen LogP contribution < -0.4 is 0 Å². The molecule has 1 fully saturated rings. The quantitative estimate of drug-likeness (QED) is 0.670. The number of alkyl halides is 1. The van der Waals surface area contributed by atoms with Gasteiger partial charge in [-0.15, -0.1) is 11.6 Å². The monoisotopic (exact) mass is 254 g/mol. The first-order valence-corrected chi connectivity index (χ1v) is 7.37. The molecular weight excluding hydrogens is 236 g/mol. The molecule has 0 bridgehead atoms. The van der Waals surface area contributed by atoms with Crippen LogP contribution in [0.4, 0.5) is 0 Å². The van der Waals surface area contributed by atoms with E-state index in [1.54, 1.807) is 4.31 Å². The predicted molar refractivity (Wildman–Crippen MR) is 62.3 cm³/mol. The summed E-state index contributed by atoms with van der Waals surface area (Å²) in [7, 11) is -3.24. The molecule has 1 aliphatic heterocycles. The van der Waals surface area contributed by atoms with Crippen LogP contribution in [0.5, 0.6) is 0 Å². The van der Waals surface area contributed by atoms with Crippen molar-refractivity contribution >= 4 is 21.8 Å². The van der Waals surface area contributed by atoms with Crippen LogP contribution in [-0.2, 0) is 10.2 Å². The van der Waals surface area contributed by atoms with E-state index in [1.807, 2.05) is 6.92 Å². The van der Waals surface area contributed by atoms with E-state index in [0.29, 0.717) is 32.1 Å². The molecule has 0 saturated carbocycles. The van der Waals surface area contributed by atoms with E-state index in [2.05, 4.69) is 0 Å². The lowest BCUT2D eigenvalue weighted by atomic mass is 10.4. The molecule has 4 nitrogen and oxygen atoms in total. The van der Waals surface area contributed by atoms with Gasteiger partial charge in [0, 0.05) is 32.1 Å². The van der Waals surface area contributed by atoms with Gasteiger partial charge in [-0.1, -0.05) is 6.92 Å². The lowest BCUT2D eigenvalue weighted by Crippen LogP contribution is -2.43. The Hall–Kier alpha value is 0.160. The third-order valence-electron chi connectivity index (χ3n) is 2.52. The highest BCUT2D eigenvalue weighted by Gasteiger charge is 2.30. The standard InChI is InChI=1S/C9H19ClN2O2S/c1-2-6-11(9-5-10)15(13,14)12-7-3-4-8-12/h2-9H2,1H3. The molecule has 6 heteroatoms. The van der Waals surface area contributed by atoms with Crippen molar-refractivity contribution in [3.8, 4) is 0 Å². The molecule has 0 aromatic carbocycles. The lowest BCUT2D eigenvalue weighted by molar-refractivity contribution is 0.370. The summed E-state index contributed by atoms with van der Waals surface area (Å²) in [4.78, 5) is 0. The maximum Gasteiger partial charge on any atom is 0.282 e. The molecule has 0 radical (unpaired) electrons. The molecule has 90 valence electrons. The Morgan fingerprint density at radius 3 is 2.33 bits per heavy atom. The third kappa shape index (κ3) is 3.31. The third-order valence-corrected chi connectivity index (χ3v) is 4.73. The van der Waals surface area contributed by atoms with Gasteiger partial charge in [0.15, 0.2) is 0 Å². The van der Waals surface area contributed by atoms with Crippen molar-refractivity contribution in [3.05, 3.63) is 0 Å². The molecule has 0 aromatic rings. The second-order valence-electron chi connectivity index (χ2n) is 3.70. The summed E-state index contributed by atoms with van der Waals surface area (Å²) in [5.74, 6) is 0.354. The highest BCUT2D eigenvalue weighted by atomic mass is 35.5. The summed E-state index contributed by atoms with van der Waals surface area (Å²) in [5.41, 5.74) is 0. The first-order chi connectivity index (χ1) is 7.12. The van der Waals surface area contributed by atoms with Gasteiger partial charge in [-0.05, 0) is 19.3 Å². The first kappa shape index (κ1) is 13.2. The van der Waals surface area contributed by atoms with E-state index in [-0.39, 0.29) is 0 Å². The number of hydrogen-bond acceptors (Lipinski definition) is 2. The summed E-state index contributed by atoms with van der Waals surface area (Å²) in [6.45, 7) is 4.26. The fourth-order valence-corrected chi connectivity index (χ4v) is 3.85. The van der Waals surface area contributed by atoms with Gasteiger partial charge in [0.2, 0.25) is 0 Å². The summed E-state index contributed by atoms with van der Waals surface area (Å²) < 4.78 is 27.3. The van der Waals surface area contributed by atoms with Gasteiger partial charge < -0.3 is 0 Å². The van der Waals surface area contributed by atoms with Crippen LogP contribution in [0.2, 0.25) is 0 Å². The summed E-state index contributed by atoms with van der Waals surface area (Å²) >= 11 is 5.62. The smallest absolute Gasteiger partial charge is 0.195 e. The largest absolute Gasteiger partial charge is 0.282 e. The van der Waals surface area contributed by atoms with Crippen molar-refractivity contribution in [1.29, 1.82) is 0 Å². The minimum Gasteiger partial charge on any atom is -0.195 e. The zero-order valence-corrected chi connectivity index (χ0v) is 10.7. The number of halogens is 1. The Morgan fingerprint density at radius 2 is 1.87 bits per heavy atom. The highest BCUT2D eigenvalue weighted by Crippen LogP contribution is 2.16. The van der Waals surface area contributed by atoms with E-state index in [4.69, 9.17) is 11.6 Å². The second-order valence-corrected chi connectivity index (χ2v) is 6.01. The van der Waals surface area contributed by atoms with Crippen LogP contribution in [-0.4, -0.2) is 49.1 Å². The van der Waals surface area contributed by atoms with E-state index in [9.17, 15) is 8.42 Å². The average molecular weight is 255 g/mol. The van der Waals surface area contributed by atoms with Gasteiger partial charge in [-0.25, -0.2) is 0 Å². The van der Waals surface area contributed by atoms with Crippen LogP contribution >= 0.6 is 11.6 Å². The molecule has 0 aliphatic carbocycles. The fraction of sp³-hybridized carbons (Fsp3) is 1.00. The predicted octanol–water partition coefficient (Wildman–Crippen LogP) is 1.28. The van der Waals surface area contributed by atoms with Crippen molar-refractivity contribution in [3.63, 3.8) is 0 Å². The van der Waals surface area contributed by atoms with Gasteiger partial charge in [0.25, 0.3) is 10.2 Å². The second kappa shape index (κ2) is 6.03. The zero-order valence-electron chi connectivity index (χ0n) is 9.15. The van der Waals surface area contributed by atoms with Crippen molar-refractivity contribution in [2.24, 2.45) is 0 Å². The Labute approximate surface area is 97.4 Å². The van der Waals surface area contributed by atoms with E-state index in [1.165, 1.54) is 4.31 Å². The molecule has 15 heavy (non-hydrogen) atoms. The van der Waals surface area contributed by atoms with Crippen LogP contribution in [0.25, 0.3) is 0 Å². The Bertz CT molecular complexity index is 270. The summed E-state index contributed by atoms with van der Waals surface area (Å²) in [6, 6.07) is 0. The van der Waals surface area contributed by atoms with Crippen molar-refractivity contribution in [1.82, 2.24) is 8.61 Å². The van der Waals surface area contributed by atoms with Gasteiger partial charge in [0.1, 0.15) is 0 Å². The van der Waals surface area contributed by atoms with Gasteiger partial charge in [-0.2, -0.15) is 17.0 Å². The van der Waals surface area contributed by atoms with Gasteiger partial charge >= 0.3 is 0 Å². The molecule has 0 atom stereocenters. The maximum absolute atomic E-state index is 12.1. The number of nitrogens with zero attached hydrogens (tertiary/aromatic N) is 2.